The molecule has 0 heterocycles. The standard InChI is InChI=1S/C12H17NO/c1-9(2)8-14-12-6-4-11(5-7-12)10(3)13/h4-7,10H,1,8,13H2,2-3H3/t10-/m1/s1. The van der Waals surface area contributed by atoms with Gasteiger partial charge in [-0.05, 0) is 37.1 Å². The number of ether oxygens (including phenoxy) is 1. The first kappa shape index (κ1) is 10.8. The van der Waals surface area contributed by atoms with Gasteiger partial charge in [-0.25, -0.2) is 0 Å². The van der Waals surface area contributed by atoms with Gasteiger partial charge in [-0.2, -0.15) is 0 Å². The second-order valence-corrected chi connectivity index (χ2v) is 3.60. The summed E-state index contributed by atoms with van der Waals surface area (Å²) in [4.78, 5) is 0. The van der Waals surface area contributed by atoms with Gasteiger partial charge in [-0.3, -0.25) is 0 Å². The van der Waals surface area contributed by atoms with Crippen LogP contribution in [0, 0.1) is 0 Å². The second kappa shape index (κ2) is 4.82. The van der Waals surface area contributed by atoms with Crippen molar-refractivity contribution < 1.29 is 4.74 Å². The molecule has 2 nitrogen and oxygen atoms in total. The smallest absolute Gasteiger partial charge is 0.119 e. The minimum Gasteiger partial charge on any atom is -0.489 e. The lowest BCUT2D eigenvalue weighted by atomic mass is 10.1. The summed E-state index contributed by atoms with van der Waals surface area (Å²) in [6, 6.07) is 7.91. The van der Waals surface area contributed by atoms with Crippen molar-refractivity contribution >= 4 is 0 Å². The van der Waals surface area contributed by atoms with Crippen LogP contribution in [0.4, 0.5) is 0 Å². The van der Waals surface area contributed by atoms with Gasteiger partial charge in [0.1, 0.15) is 12.4 Å². The van der Waals surface area contributed by atoms with E-state index in [1.807, 2.05) is 38.1 Å². The van der Waals surface area contributed by atoms with Crippen LogP contribution in [0.15, 0.2) is 36.4 Å². The number of nitrogens with two attached hydrogens (primary N) is 1. The average molecular weight is 191 g/mol. The molecule has 14 heavy (non-hydrogen) atoms. The number of hydrogen-bond donors (Lipinski definition) is 1. The van der Waals surface area contributed by atoms with Crippen LogP contribution in [0.3, 0.4) is 0 Å². The monoisotopic (exact) mass is 191 g/mol. The fourth-order valence-electron chi connectivity index (χ4n) is 1.07. The summed E-state index contributed by atoms with van der Waals surface area (Å²) in [5.74, 6) is 0.859. The molecule has 0 unspecified atom stereocenters. The van der Waals surface area contributed by atoms with Crippen LogP contribution in [-0.4, -0.2) is 6.61 Å². The first-order chi connectivity index (χ1) is 6.59. The van der Waals surface area contributed by atoms with E-state index in [0.717, 1.165) is 16.9 Å². The van der Waals surface area contributed by atoms with Crippen LogP contribution < -0.4 is 10.5 Å². The van der Waals surface area contributed by atoms with Crippen LogP contribution in [-0.2, 0) is 0 Å². The molecule has 1 aromatic rings. The van der Waals surface area contributed by atoms with E-state index in [4.69, 9.17) is 10.5 Å². The van der Waals surface area contributed by atoms with Gasteiger partial charge in [0.2, 0.25) is 0 Å². The molecule has 2 heteroatoms. The molecular formula is C12H17NO. The Morgan fingerprint density at radius 2 is 2.00 bits per heavy atom. The third-order valence-electron chi connectivity index (χ3n) is 1.89. The summed E-state index contributed by atoms with van der Waals surface area (Å²) in [5.41, 5.74) is 7.86. The summed E-state index contributed by atoms with van der Waals surface area (Å²) in [6.45, 7) is 8.24. The van der Waals surface area contributed by atoms with Crippen molar-refractivity contribution in [2.75, 3.05) is 6.61 Å². The maximum absolute atomic E-state index is 5.73. The third-order valence-corrected chi connectivity index (χ3v) is 1.89. The zero-order valence-electron chi connectivity index (χ0n) is 8.79. The molecule has 76 valence electrons. The normalized spacial score (nSPS) is 12.2. The minimum absolute atomic E-state index is 0.0743. The molecule has 0 saturated carbocycles. The Morgan fingerprint density at radius 1 is 1.43 bits per heavy atom. The summed E-state index contributed by atoms with van der Waals surface area (Å²) >= 11 is 0. The van der Waals surface area contributed by atoms with E-state index in [2.05, 4.69) is 6.58 Å². The maximum Gasteiger partial charge on any atom is 0.119 e. The van der Waals surface area contributed by atoms with Gasteiger partial charge >= 0.3 is 0 Å². The van der Waals surface area contributed by atoms with Crippen molar-refractivity contribution in [3.05, 3.63) is 42.0 Å². The Kier molecular flexibility index (Phi) is 3.72. The highest BCUT2D eigenvalue weighted by Crippen LogP contribution is 2.16. The summed E-state index contributed by atoms with van der Waals surface area (Å²) in [5, 5.41) is 0. The Bertz CT molecular complexity index is 301. The van der Waals surface area contributed by atoms with Crippen molar-refractivity contribution in [1.82, 2.24) is 0 Å². The highest BCUT2D eigenvalue weighted by molar-refractivity contribution is 5.28. The van der Waals surface area contributed by atoms with E-state index in [0.29, 0.717) is 6.61 Å². The van der Waals surface area contributed by atoms with E-state index in [9.17, 15) is 0 Å². The molecule has 2 N–H and O–H groups in total. The van der Waals surface area contributed by atoms with Gasteiger partial charge in [0.05, 0.1) is 0 Å². The van der Waals surface area contributed by atoms with Gasteiger partial charge in [-0.15, -0.1) is 0 Å². The number of rotatable bonds is 4. The summed E-state index contributed by atoms with van der Waals surface area (Å²) < 4.78 is 5.46. The third kappa shape index (κ3) is 3.23. The molecule has 0 saturated heterocycles. The Hall–Kier alpha value is -1.28. The molecule has 0 aliphatic carbocycles. The van der Waals surface area contributed by atoms with E-state index in [1.54, 1.807) is 0 Å². The van der Waals surface area contributed by atoms with Gasteiger partial charge in [0.25, 0.3) is 0 Å². The van der Waals surface area contributed by atoms with Gasteiger partial charge in [-0.1, -0.05) is 18.7 Å². The van der Waals surface area contributed by atoms with Crippen LogP contribution in [0.2, 0.25) is 0 Å². The largest absolute Gasteiger partial charge is 0.489 e. The molecule has 0 radical (unpaired) electrons. The zero-order chi connectivity index (χ0) is 10.6. The Balaban J connectivity index is 2.59. The topological polar surface area (TPSA) is 35.2 Å². The predicted octanol–water partition coefficient (Wildman–Crippen LogP) is 2.66. The second-order valence-electron chi connectivity index (χ2n) is 3.60. The van der Waals surface area contributed by atoms with Crippen molar-refractivity contribution in [2.45, 2.75) is 19.9 Å². The van der Waals surface area contributed by atoms with Crippen molar-refractivity contribution in [3.63, 3.8) is 0 Å². The van der Waals surface area contributed by atoms with E-state index in [1.165, 1.54) is 0 Å². The number of hydrogen-bond acceptors (Lipinski definition) is 2. The van der Waals surface area contributed by atoms with Crippen LogP contribution in [0.1, 0.15) is 25.5 Å². The average Bonchev–Trinajstić information content (AvgIpc) is 2.15. The van der Waals surface area contributed by atoms with Gasteiger partial charge in [0.15, 0.2) is 0 Å². The van der Waals surface area contributed by atoms with E-state index in [-0.39, 0.29) is 6.04 Å². The molecule has 0 fully saturated rings. The summed E-state index contributed by atoms with van der Waals surface area (Å²) in [6.07, 6.45) is 0. The molecule has 1 aromatic carbocycles. The molecule has 0 amide bonds. The van der Waals surface area contributed by atoms with Crippen molar-refractivity contribution in [3.8, 4) is 5.75 Å². The summed E-state index contributed by atoms with van der Waals surface area (Å²) in [7, 11) is 0. The van der Waals surface area contributed by atoms with E-state index < -0.39 is 0 Å². The van der Waals surface area contributed by atoms with Crippen molar-refractivity contribution in [2.24, 2.45) is 5.73 Å². The molecular weight excluding hydrogens is 174 g/mol. The lowest BCUT2D eigenvalue weighted by Gasteiger charge is -2.08. The first-order valence-electron chi connectivity index (χ1n) is 4.72. The maximum atomic E-state index is 5.73. The Labute approximate surface area is 85.4 Å². The molecule has 0 aliphatic heterocycles. The first-order valence-corrected chi connectivity index (χ1v) is 4.72. The lowest BCUT2D eigenvalue weighted by Crippen LogP contribution is -2.04. The fraction of sp³-hybridized carbons (Fsp3) is 0.333. The fourth-order valence-corrected chi connectivity index (χ4v) is 1.07. The van der Waals surface area contributed by atoms with Gasteiger partial charge < -0.3 is 10.5 Å². The highest BCUT2D eigenvalue weighted by atomic mass is 16.5. The number of benzene rings is 1. The highest BCUT2D eigenvalue weighted by Gasteiger charge is 1.99. The molecule has 0 spiro atoms. The molecule has 0 aromatic heterocycles. The SMILES string of the molecule is C=C(C)COc1ccc([C@@H](C)N)cc1. The molecule has 1 rings (SSSR count). The zero-order valence-corrected chi connectivity index (χ0v) is 8.79. The lowest BCUT2D eigenvalue weighted by molar-refractivity contribution is 0.352. The van der Waals surface area contributed by atoms with Crippen LogP contribution >= 0.6 is 0 Å². The van der Waals surface area contributed by atoms with E-state index >= 15 is 0 Å². The minimum atomic E-state index is 0.0743. The van der Waals surface area contributed by atoms with Crippen LogP contribution in [0.5, 0.6) is 5.75 Å². The molecule has 0 bridgehead atoms. The van der Waals surface area contributed by atoms with Crippen LogP contribution in [0.25, 0.3) is 0 Å². The predicted molar refractivity (Wildman–Crippen MR) is 59.4 cm³/mol. The Morgan fingerprint density at radius 3 is 2.43 bits per heavy atom. The molecule has 0 aliphatic rings. The van der Waals surface area contributed by atoms with Gasteiger partial charge in [0, 0.05) is 6.04 Å². The quantitative estimate of drug-likeness (QED) is 0.742. The molecule has 1 atom stereocenters. The van der Waals surface area contributed by atoms with Crippen molar-refractivity contribution in [1.29, 1.82) is 0 Å².